The average molecular weight is 297 g/mol. The van der Waals surface area contributed by atoms with Gasteiger partial charge in [0.1, 0.15) is 5.01 Å². The maximum Gasteiger partial charge on any atom is 0.270 e. The smallest absolute Gasteiger partial charge is 0.270 e. The van der Waals surface area contributed by atoms with Crippen molar-refractivity contribution in [3.63, 3.8) is 0 Å². The van der Waals surface area contributed by atoms with Crippen LogP contribution in [0.4, 0.5) is 11.4 Å². The first-order valence-electron chi connectivity index (χ1n) is 6.20. The molecule has 1 aromatic heterocycles. The van der Waals surface area contributed by atoms with Gasteiger partial charge >= 0.3 is 0 Å². The van der Waals surface area contributed by atoms with Crippen molar-refractivity contribution >= 4 is 22.7 Å². The first kappa shape index (κ1) is 13.3. The van der Waals surface area contributed by atoms with Gasteiger partial charge in [-0.15, -0.1) is 11.3 Å². The highest BCUT2D eigenvalue weighted by Gasteiger charge is 2.11. The van der Waals surface area contributed by atoms with E-state index >= 15 is 0 Å². The summed E-state index contributed by atoms with van der Waals surface area (Å²) in [7, 11) is 0. The number of non-ortho nitro benzene ring substituents is 1. The maximum absolute atomic E-state index is 10.8. The van der Waals surface area contributed by atoms with E-state index in [0.717, 1.165) is 21.8 Å². The molecule has 0 saturated carbocycles. The number of hydrogen-bond acceptors (Lipinski definition) is 5. The molecule has 0 atom stereocenters. The van der Waals surface area contributed by atoms with Crippen LogP contribution in [0, 0.1) is 10.1 Å². The van der Waals surface area contributed by atoms with Crippen LogP contribution < -0.4 is 5.73 Å². The maximum atomic E-state index is 10.8. The lowest BCUT2D eigenvalue weighted by Gasteiger charge is -1.98. The van der Waals surface area contributed by atoms with E-state index in [9.17, 15) is 10.1 Å². The Morgan fingerprint density at radius 2 is 1.86 bits per heavy atom. The molecule has 21 heavy (non-hydrogen) atoms. The van der Waals surface area contributed by atoms with Crippen LogP contribution in [-0.2, 0) is 0 Å². The van der Waals surface area contributed by atoms with E-state index in [2.05, 4.69) is 4.98 Å². The van der Waals surface area contributed by atoms with Crippen molar-refractivity contribution < 1.29 is 4.92 Å². The quantitative estimate of drug-likeness (QED) is 0.450. The Labute approximate surface area is 124 Å². The van der Waals surface area contributed by atoms with Gasteiger partial charge in [0.05, 0.1) is 10.6 Å². The zero-order chi connectivity index (χ0) is 14.8. The minimum atomic E-state index is -0.407. The lowest BCUT2D eigenvalue weighted by molar-refractivity contribution is -0.384. The van der Waals surface area contributed by atoms with Gasteiger partial charge in [-0.1, -0.05) is 24.3 Å². The molecule has 0 bridgehead atoms. The molecule has 0 saturated heterocycles. The van der Waals surface area contributed by atoms with Crippen molar-refractivity contribution in [1.82, 2.24) is 4.98 Å². The molecule has 1 heterocycles. The summed E-state index contributed by atoms with van der Waals surface area (Å²) >= 11 is 1.45. The predicted octanol–water partition coefficient (Wildman–Crippen LogP) is 3.97. The van der Waals surface area contributed by atoms with Crippen LogP contribution in [0.25, 0.3) is 21.8 Å². The van der Waals surface area contributed by atoms with E-state index < -0.39 is 4.92 Å². The Bertz CT molecular complexity index is 814. The second kappa shape index (κ2) is 5.34. The van der Waals surface area contributed by atoms with Gasteiger partial charge in [-0.25, -0.2) is 4.98 Å². The van der Waals surface area contributed by atoms with Crippen molar-refractivity contribution in [1.29, 1.82) is 0 Å². The molecule has 3 rings (SSSR count). The summed E-state index contributed by atoms with van der Waals surface area (Å²) in [6.07, 6.45) is 0. The second-order valence-corrected chi connectivity index (χ2v) is 5.33. The summed E-state index contributed by atoms with van der Waals surface area (Å²) < 4.78 is 0. The van der Waals surface area contributed by atoms with Gasteiger partial charge < -0.3 is 5.73 Å². The molecule has 0 fully saturated rings. The molecule has 3 aromatic rings. The number of benzene rings is 2. The third-order valence-electron chi connectivity index (χ3n) is 2.99. The molecule has 0 spiro atoms. The number of nitro groups is 1. The van der Waals surface area contributed by atoms with E-state index in [1.54, 1.807) is 6.07 Å². The Balaban J connectivity index is 1.98. The van der Waals surface area contributed by atoms with Gasteiger partial charge in [-0.05, 0) is 12.1 Å². The number of nitrogen functional groups attached to an aromatic ring is 1. The fourth-order valence-corrected chi connectivity index (χ4v) is 2.82. The highest BCUT2D eigenvalue weighted by molar-refractivity contribution is 7.13. The first-order valence-corrected chi connectivity index (χ1v) is 7.08. The third kappa shape index (κ3) is 2.75. The number of aromatic nitrogens is 1. The molecule has 0 unspecified atom stereocenters. The minimum absolute atomic E-state index is 0.0632. The van der Waals surface area contributed by atoms with Crippen LogP contribution in [0.3, 0.4) is 0 Å². The molecule has 0 aliphatic rings. The van der Waals surface area contributed by atoms with E-state index in [1.807, 2.05) is 35.7 Å². The van der Waals surface area contributed by atoms with Crippen LogP contribution in [0.15, 0.2) is 53.9 Å². The van der Waals surface area contributed by atoms with Gasteiger partial charge in [0.25, 0.3) is 5.69 Å². The van der Waals surface area contributed by atoms with Crippen LogP contribution >= 0.6 is 11.3 Å². The number of rotatable bonds is 3. The molecular weight excluding hydrogens is 286 g/mol. The lowest BCUT2D eigenvalue weighted by atomic mass is 10.1. The Morgan fingerprint density at radius 3 is 2.62 bits per heavy atom. The Morgan fingerprint density at radius 1 is 1.10 bits per heavy atom. The van der Waals surface area contributed by atoms with Crippen molar-refractivity contribution in [2.24, 2.45) is 0 Å². The number of nitrogens with zero attached hydrogens (tertiary/aromatic N) is 2. The first-order chi connectivity index (χ1) is 10.1. The van der Waals surface area contributed by atoms with E-state index in [1.165, 1.54) is 23.5 Å². The monoisotopic (exact) mass is 297 g/mol. The fraction of sp³-hybridized carbons (Fsp3) is 0. The fourth-order valence-electron chi connectivity index (χ4n) is 1.99. The predicted molar refractivity (Wildman–Crippen MR) is 84.1 cm³/mol. The summed E-state index contributed by atoms with van der Waals surface area (Å²) in [4.78, 5) is 14.9. The molecule has 0 amide bonds. The van der Waals surface area contributed by atoms with E-state index in [0.29, 0.717) is 5.69 Å². The highest BCUT2D eigenvalue weighted by atomic mass is 32.1. The molecule has 0 radical (unpaired) electrons. The standard InChI is InChI=1S/C15H11N3O2S/c16-12-5-1-3-10(7-12)14-9-21-15(17-14)11-4-2-6-13(8-11)18(19)20/h1-9H,16H2. The van der Waals surface area contributed by atoms with Gasteiger partial charge in [0.2, 0.25) is 0 Å². The summed E-state index contributed by atoms with van der Waals surface area (Å²) in [6.45, 7) is 0. The zero-order valence-electron chi connectivity index (χ0n) is 10.9. The van der Waals surface area contributed by atoms with E-state index in [4.69, 9.17) is 5.73 Å². The van der Waals surface area contributed by atoms with Crippen molar-refractivity contribution in [2.45, 2.75) is 0 Å². The SMILES string of the molecule is Nc1cccc(-c2csc(-c3cccc([N+](=O)[O-])c3)n2)c1. The van der Waals surface area contributed by atoms with E-state index in [-0.39, 0.29) is 5.69 Å². The summed E-state index contributed by atoms with van der Waals surface area (Å²) in [5, 5.41) is 13.5. The molecular formula is C15H11N3O2S. The number of hydrogen-bond donors (Lipinski definition) is 1. The minimum Gasteiger partial charge on any atom is -0.399 e. The molecule has 2 aromatic carbocycles. The molecule has 0 aliphatic heterocycles. The largest absolute Gasteiger partial charge is 0.399 e. The average Bonchev–Trinajstić information content (AvgIpc) is 2.97. The number of nitro benzene ring substituents is 1. The summed E-state index contributed by atoms with van der Waals surface area (Å²) in [5.41, 5.74) is 9.00. The highest BCUT2D eigenvalue weighted by Crippen LogP contribution is 2.31. The lowest BCUT2D eigenvalue weighted by Crippen LogP contribution is -1.88. The van der Waals surface area contributed by atoms with Crippen molar-refractivity contribution in [3.8, 4) is 21.8 Å². The molecule has 0 aliphatic carbocycles. The molecule has 2 N–H and O–H groups in total. The molecule has 104 valence electrons. The van der Waals surface area contributed by atoms with Crippen LogP contribution in [0.2, 0.25) is 0 Å². The normalized spacial score (nSPS) is 10.5. The summed E-state index contributed by atoms with van der Waals surface area (Å²) in [5.74, 6) is 0. The molecule has 5 nitrogen and oxygen atoms in total. The van der Waals surface area contributed by atoms with Gasteiger partial charge in [0, 0.05) is 34.3 Å². The zero-order valence-corrected chi connectivity index (χ0v) is 11.7. The molecule has 6 heteroatoms. The number of thiazole rings is 1. The van der Waals surface area contributed by atoms with Gasteiger partial charge in [-0.3, -0.25) is 10.1 Å². The van der Waals surface area contributed by atoms with Crippen LogP contribution in [0.1, 0.15) is 0 Å². The van der Waals surface area contributed by atoms with Crippen molar-refractivity contribution in [2.75, 3.05) is 5.73 Å². The second-order valence-electron chi connectivity index (χ2n) is 4.47. The Hall–Kier alpha value is -2.73. The van der Waals surface area contributed by atoms with Gasteiger partial charge in [-0.2, -0.15) is 0 Å². The third-order valence-corrected chi connectivity index (χ3v) is 3.88. The summed E-state index contributed by atoms with van der Waals surface area (Å²) in [6, 6.07) is 13.9. The van der Waals surface area contributed by atoms with Crippen LogP contribution in [0.5, 0.6) is 0 Å². The number of nitrogens with two attached hydrogens (primary N) is 1. The van der Waals surface area contributed by atoms with Gasteiger partial charge in [0.15, 0.2) is 0 Å². The van der Waals surface area contributed by atoms with Crippen LogP contribution in [-0.4, -0.2) is 9.91 Å². The Kier molecular flexibility index (Phi) is 3.37. The van der Waals surface area contributed by atoms with Crippen molar-refractivity contribution in [3.05, 3.63) is 64.0 Å². The number of anilines is 1. The topological polar surface area (TPSA) is 82.0 Å².